The highest BCUT2D eigenvalue weighted by Crippen LogP contribution is 2.51. The third-order valence-corrected chi connectivity index (χ3v) is 12.1. The molecule has 11 rings (SSSR count). The lowest BCUT2D eigenvalue weighted by molar-refractivity contribution is 0.660. The molecule has 57 heavy (non-hydrogen) atoms. The van der Waals surface area contributed by atoms with Crippen molar-refractivity contribution in [3.8, 4) is 44.5 Å². The molecular weight excluding hydrogens is 691 g/mol. The van der Waals surface area contributed by atoms with Gasteiger partial charge in [0.15, 0.2) is 0 Å². The molecule has 0 saturated heterocycles. The lowest BCUT2D eigenvalue weighted by Gasteiger charge is -2.28. The summed E-state index contributed by atoms with van der Waals surface area (Å²) in [5, 5.41) is 4.61. The van der Waals surface area contributed by atoms with Crippen molar-refractivity contribution in [2.75, 3.05) is 4.90 Å². The number of hydrogen-bond acceptors (Lipinski definition) is 2. The predicted molar refractivity (Wildman–Crippen MR) is 240 cm³/mol. The summed E-state index contributed by atoms with van der Waals surface area (Å²) >= 11 is 0. The minimum atomic E-state index is -0.104. The maximum absolute atomic E-state index is 7.11. The zero-order chi connectivity index (χ0) is 38.1. The second-order valence-electron chi connectivity index (χ2n) is 15.7. The van der Waals surface area contributed by atoms with Crippen molar-refractivity contribution in [2.45, 2.75) is 19.3 Å². The Hall–Kier alpha value is -7.16. The fourth-order valence-electron chi connectivity index (χ4n) is 9.24. The molecule has 1 aromatic heterocycles. The molecule has 0 saturated carbocycles. The SMILES string of the molecule is CC1(C)c2ccccc2-c2ccc(-c3c4ccccc4cc4c3oc3cc(N(c5ccc(-c6ccccc6)cc5)c5ccccc5-c5ccccc5)ccc34)cc21. The Kier molecular flexibility index (Phi) is 7.55. The summed E-state index contributed by atoms with van der Waals surface area (Å²) in [5.74, 6) is 0. The monoisotopic (exact) mass is 729 g/mol. The largest absolute Gasteiger partial charge is 0.455 e. The minimum Gasteiger partial charge on any atom is -0.455 e. The van der Waals surface area contributed by atoms with Crippen LogP contribution in [-0.4, -0.2) is 0 Å². The highest BCUT2D eigenvalue weighted by Gasteiger charge is 2.35. The van der Waals surface area contributed by atoms with E-state index in [2.05, 4.69) is 219 Å². The smallest absolute Gasteiger partial charge is 0.143 e. The van der Waals surface area contributed by atoms with Crippen molar-refractivity contribution in [3.63, 3.8) is 0 Å². The van der Waals surface area contributed by atoms with Crippen LogP contribution in [-0.2, 0) is 5.41 Å². The molecule has 0 N–H and O–H groups in total. The average molecular weight is 730 g/mol. The van der Waals surface area contributed by atoms with E-state index < -0.39 is 0 Å². The van der Waals surface area contributed by atoms with Gasteiger partial charge >= 0.3 is 0 Å². The third-order valence-electron chi connectivity index (χ3n) is 12.1. The van der Waals surface area contributed by atoms with Gasteiger partial charge in [-0.3, -0.25) is 0 Å². The number of benzene rings is 9. The van der Waals surface area contributed by atoms with Crippen LogP contribution in [0.2, 0.25) is 0 Å². The van der Waals surface area contributed by atoms with Crippen LogP contribution in [0.1, 0.15) is 25.0 Å². The summed E-state index contributed by atoms with van der Waals surface area (Å²) in [6, 6.07) is 72.4. The molecule has 0 spiro atoms. The molecule has 2 nitrogen and oxygen atoms in total. The summed E-state index contributed by atoms with van der Waals surface area (Å²) in [5.41, 5.74) is 17.3. The first-order valence-electron chi connectivity index (χ1n) is 19.8. The maximum Gasteiger partial charge on any atom is 0.143 e. The minimum absolute atomic E-state index is 0.104. The van der Waals surface area contributed by atoms with Gasteiger partial charge in [-0.25, -0.2) is 0 Å². The van der Waals surface area contributed by atoms with Gasteiger partial charge in [0.05, 0.1) is 5.69 Å². The molecule has 0 fully saturated rings. The molecule has 10 aromatic rings. The molecule has 0 atom stereocenters. The molecule has 270 valence electrons. The van der Waals surface area contributed by atoms with E-state index in [9.17, 15) is 0 Å². The second kappa shape index (κ2) is 13.0. The molecule has 0 radical (unpaired) electrons. The number of furan rings is 1. The molecule has 1 heterocycles. The van der Waals surface area contributed by atoms with E-state index in [-0.39, 0.29) is 5.41 Å². The van der Waals surface area contributed by atoms with Crippen LogP contribution in [0.15, 0.2) is 205 Å². The highest BCUT2D eigenvalue weighted by atomic mass is 16.3. The van der Waals surface area contributed by atoms with Crippen molar-refractivity contribution in [3.05, 3.63) is 211 Å². The Morgan fingerprint density at radius 1 is 0.404 bits per heavy atom. The third kappa shape index (κ3) is 5.33. The van der Waals surface area contributed by atoms with Crippen molar-refractivity contribution < 1.29 is 4.42 Å². The Labute approximate surface area is 332 Å². The van der Waals surface area contributed by atoms with Gasteiger partial charge in [0, 0.05) is 44.8 Å². The Morgan fingerprint density at radius 2 is 1.02 bits per heavy atom. The molecule has 0 aliphatic heterocycles. The van der Waals surface area contributed by atoms with E-state index in [0.717, 1.165) is 50.1 Å². The summed E-state index contributed by atoms with van der Waals surface area (Å²) in [6.45, 7) is 4.69. The predicted octanol–water partition coefficient (Wildman–Crippen LogP) is 15.5. The normalized spacial score (nSPS) is 12.9. The fourth-order valence-corrected chi connectivity index (χ4v) is 9.24. The average Bonchev–Trinajstić information content (AvgIpc) is 3.74. The van der Waals surface area contributed by atoms with Crippen molar-refractivity contribution in [1.29, 1.82) is 0 Å². The molecule has 1 aliphatic carbocycles. The first-order chi connectivity index (χ1) is 28.0. The van der Waals surface area contributed by atoms with Gasteiger partial charge in [0.1, 0.15) is 11.2 Å². The lowest BCUT2D eigenvalue weighted by atomic mass is 9.81. The van der Waals surface area contributed by atoms with Crippen LogP contribution in [0.4, 0.5) is 17.1 Å². The summed E-state index contributed by atoms with van der Waals surface area (Å²) in [6.07, 6.45) is 0. The van der Waals surface area contributed by atoms with Crippen molar-refractivity contribution in [1.82, 2.24) is 0 Å². The van der Waals surface area contributed by atoms with Gasteiger partial charge in [-0.15, -0.1) is 0 Å². The van der Waals surface area contributed by atoms with Crippen LogP contribution in [0, 0.1) is 0 Å². The number of anilines is 3. The Morgan fingerprint density at radius 3 is 1.82 bits per heavy atom. The van der Waals surface area contributed by atoms with Crippen LogP contribution >= 0.6 is 0 Å². The van der Waals surface area contributed by atoms with Gasteiger partial charge in [-0.1, -0.05) is 166 Å². The van der Waals surface area contributed by atoms with Crippen LogP contribution in [0.25, 0.3) is 77.2 Å². The van der Waals surface area contributed by atoms with Gasteiger partial charge in [0.25, 0.3) is 0 Å². The zero-order valence-corrected chi connectivity index (χ0v) is 31.9. The van der Waals surface area contributed by atoms with Gasteiger partial charge < -0.3 is 9.32 Å². The zero-order valence-electron chi connectivity index (χ0n) is 31.9. The first-order valence-corrected chi connectivity index (χ1v) is 19.8. The summed E-state index contributed by atoms with van der Waals surface area (Å²) in [4.78, 5) is 2.36. The number of para-hydroxylation sites is 1. The lowest BCUT2D eigenvalue weighted by Crippen LogP contribution is -2.14. The van der Waals surface area contributed by atoms with Gasteiger partial charge in [-0.2, -0.15) is 0 Å². The fraction of sp³-hybridized carbons (Fsp3) is 0.0545. The summed E-state index contributed by atoms with van der Waals surface area (Å²) in [7, 11) is 0. The maximum atomic E-state index is 7.11. The first kappa shape index (κ1) is 33.2. The molecular formula is C55H39NO. The molecule has 2 heteroatoms. The molecule has 9 aromatic carbocycles. The number of hydrogen-bond donors (Lipinski definition) is 0. The standard InChI is InChI=1S/C55H39NO/c1-55(2)49-23-13-11-22-45(49)46-31-27-40(34-50(46)55)53-44-21-10-9-19-39(44)33-48-47-32-30-42(35-52(47)57-54(48)53)56(41-28-25-37(26-29-41)36-15-5-3-6-16-36)51-24-14-12-20-43(51)38-17-7-4-8-18-38/h3-35H,1-2H3. The molecule has 0 unspecified atom stereocenters. The van der Waals surface area contributed by atoms with Gasteiger partial charge in [0.2, 0.25) is 0 Å². The van der Waals surface area contributed by atoms with E-state index in [1.165, 1.54) is 55.3 Å². The van der Waals surface area contributed by atoms with Crippen molar-refractivity contribution >= 4 is 49.8 Å². The van der Waals surface area contributed by atoms with Crippen molar-refractivity contribution in [2.24, 2.45) is 0 Å². The van der Waals surface area contributed by atoms with E-state index in [1.807, 2.05) is 0 Å². The molecule has 0 bridgehead atoms. The molecule has 0 amide bonds. The molecule has 1 aliphatic rings. The number of nitrogens with zero attached hydrogens (tertiary/aromatic N) is 1. The number of rotatable bonds is 6. The quantitative estimate of drug-likeness (QED) is 0.169. The Balaban J connectivity index is 1.11. The van der Waals surface area contributed by atoms with Gasteiger partial charge in [-0.05, 0) is 97.7 Å². The van der Waals surface area contributed by atoms with E-state index >= 15 is 0 Å². The van der Waals surface area contributed by atoms with E-state index in [1.54, 1.807) is 0 Å². The van der Waals surface area contributed by atoms with Crippen LogP contribution < -0.4 is 4.90 Å². The topological polar surface area (TPSA) is 16.4 Å². The highest BCUT2D eigenvalue weighted by molar-refractivity contribution is 6.19. The Bertz CT molecular complexity index is 3140. The summed E-state index contributed by atoms with van der Waals surface area (Å²) < 4.78 is 7.11. The number of fused-ring (bicyclic) bond motifs is 7. The van der Waals surface area contributed by atoms with Crippen LogP contribution in [0.3, 0.4) is 0 Å². The van der Waals surface area contributed by atoms with Crippen LogP contribution in [0.5, 0.6) is 0 Å². The second-order valence-corrected chi connectivity index (χ2v) is 15.7. The van der Waals surface area contributed by atoms with E-state index in [0.29, 0.717) is 0 Å². The van der Waals surface area contributed by atoms with E-state index in [4.69, 9.17) is 4.42 Å².